The molecule has 348 valence electrons. The lowest BCUT2D eigenvalue weighted by Crippen LogP contribution is -2.53. The van der Waals surface area contributed by atoms with Gasteiger partial charge in [0.2, 0.25) is 5.91 Å². The van der Waals surface area contributed by atoms with Crippen molar-refractivity contribution in [1.29, 1.82) is 0 Å². The maximum absolute atomic E-state index is 12.6. The third kappa shape index (κ3) is 41.6. The minimum absolute atomic E-state index is 0.362. The molecule has 5 N–H and O–H groups in total. The Bertz CT molecular complexity index is 935. The first-order valence-electron chi connectivity index (χ1n) is 25.9. The Kier molecular flexibility index (Phi) is 46.4. The summed E-state index contributed by atoms with van der Waals surface area (Å²) in [6.07, 6.45) is 57.7. The van der Waals surface area contributed by atoms with Gasteiger partial charge in [0.15, 0.2) is 0 Å². The number of carbonyl (C=O) groups excluding carboxylic acids is 1. The molecule has 59 heavy (non-hydrogen) atoms. The normalized spacial score (nSPS) is 14.2. The Morgan fingerprint density at radius 1 is 0.407 bits per heavy atom. The average molecular weight is 832 g/mol. The van der Waals surface area contributed by atoms with E-state index in [-0.39, 0.29) is 0 Å². The van der Waals surface area contributed by atoms with Gasteiger partial charge in [-0.15, -0.1) is 0 Å². The molecular weight excluding hydrogens is 731 g/mol. The number of allylic oxidation sites excluding steroid dienone is 6. The maximum atomic E-state index is 12.6. The molecule has 4 unspecified atom stereocenters. The van der Waals surface area contributed by atoms with Crippen molar-refractivity contribution in [2.45, 2.75) is 289 Å². The molecule has 0 radical (unpaired) electrons. The van der Waals surface area contributed by atoms with E-state index in [0.29, 0.717) is 19.3 Å². The smallest absolute Gasteiger partial charge is 0.249 e. The molecule has 0 saturated heterocycles. The van der Waals surface area contributed by atoms with Crippen molar-refractivity contribution in [3.63, 3.8) is 0 Å². The number of aliphatic hydroxyl groups excluding tert-OH is 4. The van der Waals surface area contributed by atoms with Crippen LogP contribution in [0, 0.1) is 0 Å². The van der Waals surface area contributed by atoms with Crippen molar-refractivity contribution in [3.8, 4) is 0 Å². The Balaban J connectivity index is 3.71. The fourth-order valence-electron chi connectivity index (χ4n) is 7.97. The summed E-state index contributed by atoms with van der Waals surface area (Å²) in [5.41, 5.74) is 0. The first-order valence-corrected chi connectivity index (χ1v) is 25.9. The summed E-state index contributed by atoms with van der Waals surface area (Å²) in [5, 5.41) is 43.8. The second-order valence-electron chi connectivity index (χ2n) is 17.8. The zero-order valence-electron chi connectivity index (χ0n) is 39.3. The Hall–Kier alpha value is -1.47. The van der Waals surface area contributed by atoms with Gasteiger partial charge in [-0.1, -0.05) is 237 Å². The maximum Gasteiger partial charge on any atom is 0.249 e. The van der Waals surface area contributed by atoms with Crippen LogP contribution < -0.4 is 5.32 Å². The Morgan fingerprint density at radius 3 is 1.07 bits per heavy atom. The molecule has 0 aliphatic carbocycles. The summed E-state index contributed by atoms with van der Waals surface area (Å²) in [4.78, 5) is 12.6. The number of hydrogen-bond donors (Lipinski definition) is 5. The van der Waals surface area contributed by atoms with Gasteiger partial charge in [-0.05, 0) is 64.2 Å². The van der Waals surface area contributed by atoms with E-state index in [2.05, 4.69) is 55.6 Å². The summed E-state index contributed by atoms with van der Waals surface area (Å²) < 4.78 is 0. The van der Waals surface area contributed by atoms with Crippen LogP contribution in [-0.2, 0) is 4.79 Å². The molecule has 6 nitrogen and oxygen atoms in total. The first kappa shape index (κ1) is 57.5. The van der Waals surface area contributed by atoms with E-state index in [4.69, 9.17) is 0 Å². The van der Waals surface area contributed by atoms with Crippen molar-refractivity contribution in [3.05, 3.63) is 36.5 Å². The molecule has 0 heterocycles. The number of hydrogen-bond acceptors (Lipinski definition) is 5. The number of carbonyl (C=O) groups is 1. The van der Waals surface area contributed by atoms with Crippen LogP contribution in [0.4, 0.5) is 0 Å². The fourth-order valence-corrected chi connectivity index (χ4v) is 7.97. The predicted octanol–water partition coefficient (Wildman–Crippen LogP) is 14.5. The van der Waals surface area contributed by atoms with Crippen LogP contribution in [-0.4, -0.2) is 57.3 Å². The van der Waals surface area contributed by atoms with Crippen LogP contribution in [0.2, 0.25) is 0 Å². The summed E-state index contributed by atoms with van der Waals surface area (Å²) in [6.45, 7) is 4.05. The third-order valence-corrected chi connectivity index (χ3v) is 12.1. The highest BCUT2D eigenvalue weighted by atomic mass is 16.3. The largest absolute Gasteiger partial charge is 0.394 e. The van der Waals surface area contributed by atoms with Crippen LogP contribution in [0.1, 0.15) is 264 Å². The number of aliphatic hydroxyl groups is 4. The van der Waals surface area contributed by atoms with E-state index in [0.717, 1.165) is 51.4 Å². The number of nitrogens with one attached hydrogen (secondary N) is 1. The highest BCUT2D eigenvalue weighted by molar-refractivity contribution is 5.80. The Labute approximate surface area is 367 Å². The number of unbranched alkanes of at least 4 members (excludes halogenated alkanes) is 32. The van der Waals surface area contributed by atoms with E-state index in [1.807, 2.05) is 0 Å². The molecule has 1 amide bonds. The third-order valence-electron chi connectivity index (χ3n) is 12.1. The van der Waals surface area contributed by atoms with Crippen LogP contribution in [0.15, 0.2) is 36.5 Å². The molecule has 0 spiro atoms. The quantitative estimate of drug-likeness (QED) is 0.0310. The van der Waals surface area contributed by atoms with E-state index < -0.39 is 36.9 Å². The monoisotopic (exact) mass is 832 g/mol. The lowest BCUT2D eigenvalue weighted by Gasteiger charge is -2.27. The van der Waals surface area contributed by atoms with Gasteiger partial charge in [-0.25, -0.2) is 0 Å². The van der Waals surface area contributed by atoms with Gasteiger partial charge in [-0.3, -0.25) is 4.79 Å². The summed E-state index contributed by atoms with van der Waals surface area (Å²) in [7, 11) is 0. The van der Waals surface area contributed by atoms with E-state index in [9.17, 15) is 25.2 Å². The molecule has 0 aromatic carbocycles. The van der Waals surface area contributed by atoms with Gasteiger partial charge in [0.25, 0.3) is 0 Å². The molecule has 0 aromatic rings. The van der Waals surface area contributed by atoms with E-state index >= 15 is 0 Å². The van der Waals surface area contributed by atoms with Gasteiger partial charge >= 0.3 is 0 Å². The minimum atomic E-state index is -1.29. The highest BCUT2D eigenvalue weighted by Crippen LogP contribution is 2.17. The molecule has 6 heteroatoms. The highest BCUT2D eigenvalue weighted by Gasteiger charge is 2.28. The topological polar surface area (TPSA) is 110 Å². The van der Waals surface area contributed by atoms with Gasteiger partial charge in [-0.2, -0.15) is 0 Å². The first-order chi connectivity index (χ1) is 29.0. The SMILES string of the molecule is CCCCCCCC/C=C/CC/C=C/CC/C=C/CCCC(O)C(O)C(CO)NC(=O)C(O)CCCCCCCCCCCCCCCCCCCCCCCCCC. The second-order valence-corrected chi connectivity index (χ2v) is 17.8. The molecule has 0 saturated carbocycles. The summed E-state index contributed by atoms with van der Waals surface area (Å²) in [6, 6.07) is -1.01. The van der Waals surface area contributed by atoms with Gasteiger partial charge in [0.05, 0.1) is 18.8 Å². The minimum Gasteiger partial charge on any atom is -0.394 e. The van der Waals surface area contributed by atoms with E-state index in [1.54, 1.807) is 0 Å². The molecule has 0 aromatic heterocycles. The molecule has 0 aliphatic rings. The van der Waals surface area contributed by atoms with Crippen LogP contribution >= 0.6 is 0 Å². The molecule has 4 atom stereocenters. The zero-order valence-corrected chi connectivity index (χ0v) is 39.3. The lowest BCUT2D eigenvalue weighted by molar-refractivity contribution is -0.132. The van der Waals surface area contributed by atoms with Crippen molar-refractivity contribution in [1.82, 2.24) is 5.32 Å². The van der Waals surface area contributed by atoms with Crippen molar-refractivity contribution in [2.24, 2.45) is 0 Å². The van der Waals surface area contributed by atoms with Crippen molar-refractivity contribution < 1.29 is 25.2 Å². The molecule has 0 rings (SSSR count). The number of rotatable bonds is 47. The number of amides is 1. The lowest BCUT2D eigenvalue weighted by atomic mass is 10.00. The van der Waals surface area contributed by atoms with Crippen molar-refractivity contribution in [2.75, 3.05) is 6.61 Å². The second kappa shape index (κ2) is 47.6. The summed E-state index contributed by atoms with van der Waals surface area (Å²) >= 11 is 0. The Morgan fingerprint density at radius 2 is 0.712 bits per heavy atom. The van der Waals surface area contributed by atoms with E-state index in [1.165, 1.54) is 180 Å². The van der Waals surface area contributed by atoms with Crippen LogP contribution in [0.5, 0.6) is 0 Å². The fraction of sp³-hybridized carbons (Fsp3) is 0.868. The van der Waals surface area contributed by atoms with Crippen molar-refractivity contribution >= 4 is 5.91 Å². The summed E-state index contributed by atoms with van der Waals surface area (Å²) in [5.74, 6) is -0.596. The molecular formula is C53H101NO5. The van der Waals surface area contributed by atoms with Crippen LogP contribution in [0.3, 0.4) is 0 Å². The molecule has 0 aliphatic heterocycles. The predicted molar refractivity (Wildman–Crippen MR) is 256 cm³/mol. The standard InChI is InChI=1S/C53H101NO5/c1-3-5-7-9-11-13-15-17-19-21-23-24-25-26-27-29-31-33-35-37-39-41-43-45-47-51(57)53(59)54-49(48-55)52(58)50(56)46-44-42-40-38-36-34-32-30-28-22-20-18-16-14-12-10-8-6-4-2/h18,20,30,32,38,40,49-52,55-58H,3-17,19,21-29,31,33-37,39,41-48H2,1-2H3,(H,54,59)/b20-18+,32-30+,40-38+. The molecule has 0 fully saturated rings. The van der Waals surface area contributed by atoms with Crippen LogP contribution in [0.25, 0.3) is 0 Å². The van der Waals surface area contributed by atoms with Gasteiger partial charge < -0.3 is 25.7 Å². The average Bonchev–Trinajstić information content (AvgIpc) is 3.24. The van der Waals surface area contributed by atoms with Gasteiger partial charge in [0, 0.05) is 0 Å². The van der Waals surface area contributed by atoms with Gasteiger partial charge in [0.1, 0.15) is 12.2 Å². The molecule has 0 bridgehead atoms. The zero-order chi connectivity index (χ0) is 43.1.